The Balaban J connectivity index is 1.72. The number of piperidine rings is 1. The predicted molar refractivity (Wildman–Crippen MR) is 84.8 cm³/mol. The standard InChI is InChI=1S/C17H19NO2S/c1-10-14-4-2-3-5-15(14)21-16(10)17(20)18-11-6-7-12(18)9-13(19)8-11/h2-5,11-13,19H,6-9H2,1H3. The Morgan fingerprint density at radius 1 is 1.24 bits per heavy atom. The van der Waals surface area contributed by atoms with Crippen LogP contribution in [-0.2, 0) is 0 Å². The van der Waals surface area contributed by atoms with Gasteiger partial charge in [-0.2, -0.15) is 0 Å². The van der Waals surface area contributed by atoms with Crippen LogP contribution in [0.1, 0.15) is 40.9 Å². The van der Waals surface area contributed by atoms with Crippen molar-refractivity contribution in [3.05, 3.63) is 34.7 Å². The maximum absolute atomic E-state index is 13.0. The Morgan fingerprint density at radius 3 is 2.57 bits per heavy atom. The summed E-state index contributed by atoms with van der Waals surface area (Å²) in [5.41, 5.74) is 1.10. The molecular weight excluding hydrogens is 282 g/mol. The van der Waals surface area contributed by atoms with E-state index < -0.39 is 0 Å². The second kappa shape index (κ2) is 4.82. The van der Waals surface area contributed by atoms with Gasteiger partial charge in [0.25, 0.3) is 5.91 Å². The van der Waals surface area contributed by atoms with Gasteiger partial charge in [0.05, 0.1) is 11.0 Å². The minimum absolute atomic E-state index is 0.174. The van der Waals surface area contributed by atoms with Crippen LogP contribution in [0.3, 0.4) is 0 Å². The van der Waals surface area contributed by atoms with Crippen molar-refractivity contribution < 1.29 is 9.90 Å². The van der Waals surface area contributed by atoms with Gasteiger partial charge in [0.1, 0.15) is 0 Å². The Labute approximate surface area is 128 Å². The Morgan fingerprint density at radius 2 is 1.90 bits per heavy atom. The van der Waals surface area contributed by atoms with Crippen molar-refractivity contribution in [2.24, 2.45) is 0 Å². The molecule has 21 heavy (non-hydrogen) atoms. The van der Waals surface area contributed by atoms with Gasteiger partial charge in [-0.15, -0.1) is 11.3 Å². The average Bonchev–Trinajstić information content (AvgIpc) is 2.95. The highest BCUT2D eigenvalue weighted by molar-refractivity contribution is 7.21. The highest BCUT2D eigenvalue weighted by atomic mass is 32.1. The van der Waals surface area contributed by atoms with Gasteiger partial charge in [-0.05, 0) is 49.6 Å². The summed E-state index contributed by atoms with van der Waals surface area (Å²) in [4.78, 5) is 16.0. The molecule has 1 amide bonds. The number of fused-ring (bicyclic) bond motifs is 3. The molecule has 2 fully saturated rings. The zero-order valence-corrected chi connectivity index (χ0v) is 12.9. The van der Waals surface area contributed by atoms with E-state index in [2.05, 4.69) is 17.0 Å². The number of nitrogens with zero attached hydrogens (tertiary/aromatic N) is 1. The number of carbonyl (C=O) groups is 1. The molecule has 4 heteroatoms. The number of hydrogen-bond acceptors (Lipinski definition) is 3. The molecule has 0 saturated carbocycles. The molecule has 2 aliphatic heterocycles. The highest BCUT2D eigenvalue weighted by Crippen LogP contribution is 2.39. The third-order valence-corrected chi connectivity index (χ3v) is 6.24. The van der Waals surface area contributed by atoms with Gasteiger partial charge in [-0.25, -0.2) is 0 Å². The van der Waals surface area contributed by atoms with Crippen LogP contribution in [0.15, 0.2) is 24.3 Å². The summed E-state index contributed by atoms with van der Waals surface area (Å²) < 4.78 is 1.18. The van der Waals surface area contributed by atoms with Crippen molar-refractivity contribution in [2.45, 2.75) is 50.8 Å². The zero-order chi connectivity index (χ0) is 14.6. The fourth-order valence-electron chi connectivity index (χ4n) is 3.98. The molecule has 2 saturated heterocycles. The lowest BCUT2D eigenvalue weighted by molar-refractivity contribution is 0.0290. The number of benzene rings is 1. The van der Waals surface area contributed by atoms with E-state index in [1.54, 1.807) is 11.3 Å². The molecule has 0 aliphatic carbocycles. The molecule has 2 bridgehead atoms. The van der Waals surface area contributed by atoms with Gasteiger partial charge in [-0.1, -0.05) is 18.2 Å². The van der Waals surface area contributed by atoms with Gasteiger partial charge < -0.3 is 10.0 Å². The third kappa shape index (κ3) is 2.00. The quantitative estimate of drug-likeness (QED) is 0.877. The van der Waals surface area contributed by atoms with Crippen LogP contribution in [-0.4, -0.2) is 34.1 Å². The largest absolute Gasteiger partial charge is 0.393 e. The number of thiophene rings is 1. The van der Waals surface area contributed by atoms with E-state index in [1.165, 1.54) is 10.1 Å². The SMILES string of the molecule is Cc1c(C(=O)N2C3CCC2CC(O)C3)sc2ccccc12. The maximum atomic E-state index is 13.0. The van der Waals surface area contributed by atoms with Gasteiger partial charge in [0.15, 0.2) is 0 Å². The normalized spacial score (nSPS) is 28.3. The minimum atomic E-state index is -0.227. The highest BCUT2D eigenvalue weighted by Gasteiger charge is 2.43. The maximum Gasteiger partial charge on any atom is 0.264 e. The molecule has 110 valence electrons. The van der Waals surface area contributed by atoms with Crippen LogP contribution in [0, 0.1) is 6.92 Å². The van der Waals surface area contributed by atoms with Crippen LogP contribution in [0.25, 0.3) is 10.1 Å². The van der Waals surface area contributed by atoms with E-state index in [0.717, 1.165) is 36.1 Å². The van der Waals surface area contributed by atoms with E-state index >= 15 is 0 Å². The van der Waals surface area contributed by atoms with Crippen molar-refractivity contribution in [2.75, 3.05) is 0 Å². The first-order valence-corrected chi connectivity index (χ1v) is 8.45. The molecule has 2 atom stereocenters. The smallest absolute Gasteiger partial charge is 0.264 e. The van der Waals surface area contributed by atoms with Gasteiger partial charge in [0, 0.05) is 16.8 Å². The summed E-state index contributed by atoms with van der Waals surface area (Å²) >= 11 is 1.60. The molecule has 2 aromatic rings. The van der Waals surface area contributed by atoms with Crippen molar-refractivity contribution in [1.82, 2.24) is 4.90 Å². The Bertz CT molecular complexity index is 694. The lowest BCUT2D eigenvalue weighted by Gasteiger charge is -2.37. The Kier molecular flexibility index (Phi) is 3.05. The third-order valence-electron chi connectivity index (χ3n) is 4.98. The monoisotopic (exact) mass is 301 g/mol. The zero-order valence-electron chi connectivity index (χ0n) is 12.1. The molecule has 3 nitrogen and oxygen atoms in total. The second-order valence-electron chi connectivity index (χ2n) is 6.27. The number of aliphatic hydroxyl groups is 1. The summed E-state index contributed by atoms with van der Waals surface area (Å²) in [6.07, 6.45) is 3.34. The molecule has 3 heterocycles. The number of amides is 1. The Hall–Kier alpha value is -1.39. The number of hydrogen-bond donors (Lipinski definition) is 1. The van der Waals surface area contributed by atoms with Gasteiger partial charge >= 0.3 is 0 Å². The van der Waals surface area contributed by atoms with Crippen LogP contribution in [0.4, 0.5) is 0 Å². The van der Waals surface area contributed by atoms with E-state index in [1.807, 2.05) is 19.1 Å². The fraction of sp³-hybridized carbons (Fsp3) is 0.471. The first kappa shape index (κ1) is 13.3. The molecular formula is C17H19NO2S. The summed E-state index contributed by atoms with van der Waals surface area (Å²) in [6.45, 7) is 2.05. The minimum Gasteiger partial charge on any atom is -0.393 e. The van der Waals surface area contributed by atoms with E-state index in [4.69, 9.17) is 0 Å². The topological polar surface area (TPSA) is 40.5 Å². The lowest BCUT2D eigenvalue weighted by atomic mass is 9.99. The van der Waals surface area contributed by atoms with E-state index in [9.17, 15) is 9.90 Å². The molecule has 0 radical (unpaired) electrons. The number of aliphatic hydroxyl groups excluding tert-OH is 1. The van der Waals surface area contributed by atoms with Crippen molar-refractivity contribution in [3.63, 3.8) is 0 Å². The predicted octanol–water partition coefficient (Wildman–Crippen LogP) is 3.34. The fourth-order valence-corrected chi connectivity index (χ4v) is 5.13. The summed E-state index contributed by atoms with van der Waals surface area (Å²) in [6, 6.07) is 8.68. The van der Waals surface area contributed by atoms with Crippen molar-refractivity contribution in [3.8, 4) is 0 Å². The number of carbonyl (C=O) groups excluding carboxylic acids is 1. The van der Waals surface area contributed by atoms with Crippen LogP contribution < -0.4 is 0 Å². The van der Waals surface area contributed by atoms with E-state index in [-0.39, 0.29) is 24.1 Å². The van der Waals surface area contributed by atoms with Crippen LogP contribution in [0.5, 0.6) is 0 Å². The number of aryl methyl sites for hydroxylation is 1. The van der Waals surface area contributed by atoms with Crippen molar-refractivity contribution in [1.29, 1.82) is 0 Å². The molecule has 2 aliphatic rings. The molecule has 4 rings (SSSR count). The molecule has 1 aromatic carbocycles. The average molecular weight is 301 g/mol. The first-order valence-electron chi connectivity index (χ1n) is 7.64. The molecule has 1 N–H and O–H groups in total. The summed E-state index contributed by atoms with van der Waals surface area (Å²) in [7, 11) is 0. The summed E-state index contributed by atoms with van der Waals surface area (Å²) in [5, 5.41) is 11.1. The van der Waals surface area contributed by atoms with Crippen LogP contribution in [0.2, 0.25) is 0 Å². The van der Waals surface area contributed by atoms with E-state index in [0.29, 0.717) is 0 Å². The molecule has 2 unspecified atom stereocenters. The lowest BCUT2D eigenvalue weighted by Crippen LogP contribution is -2.47. The van der Waals surface area contributed by atoms with Crippen molar-refractivity contribution >= 4 is 27.3 Å². The summed E-state index contributed by atoms with van der Waals surface area (Å²) in [5.74, 6) is 0.174. The molecule has 1 aromatic heterocycles. The number of rotatable bonds is 1. The van der Waals surface area contributed by atoms with Gasteiger partial charge in [0.2, 0.25) is 0 Å². The van der Waals surface area contributed by atoms with Gasteiger partial charge in [-0.3, -0.25) is 4.79 Å². The first-order chi connectivity index (χ1) is 10.1. The molecule has 0 spiro atoms. The van der Waals surface area contributed by atoms with Crippen LogP contribution >= 0.6 is 11.3 Å². The second-order valence-corrected chi connectivity index (χ2v) is 7.33.